The minimum Gasteiger partial charge on any atom is -0.492 e. The van der Waals surface area contributed by atoms with Gasteiger partial charge in [0.1, 0.15) is 18.2 Å². The van der Waals surface area contributed by atoms with Crippen LogP contribution < -0.4 is 14.8 Å². The van der Waals surface area contributed by atoms with Crippen LogP contribution in [0, 0.1) is 0 Å². The molecule has 0 spiro atoms. The Morgan fingerprint density at radius 1 is 1.12 bits per heavy atom. The van der Waals surface area contributed by atoms with Gasteiger partial charge in [-0.15, -0.1) is 0 Å². The molecule has 1 aromatic heterocycles. The molecule has 1 heterocycles. The molecule has 2 N–H and O–H groups in total. The quantitative estimate of drug-likeness (QED) is 0.865. The van der Waals surface area contributed by atoms with E-state index < -0.39 is 15.5 Å². The molecule has 6 nitrogen and oxygen atoms in total. The van der Waals surface area contributed by atoms with E-state index in [1.807, 2.05) is 55.6 Å². The van der Waals surface area contributed by atoms with E-state index in [-0.39, 0.29) is 0 Å². The number of para-hydroxylation sites is 1. The van der Waals surface area contributed by atoms with Crippen LogP contribution in [0.4, 0.5) is 19.0 Å². The van der Waals surface area contributed by atoms with Crippen LogP contribution in [0.1, 0.15) is 0 Å². The number of anilines is 1. The van der Waals surface area contributed by atoms with Gasteiger partial charge in [0.2, 0.25) is 0 Å². The number of pyridine rings is 1. The van der Waals surface area contributed by atoms with Crippen molar-refractivity contribution in [3.05, 3.63) is 54.7 Å². The lowest BCUT2D eigenvalue weighted by atomic mass is 10.3. The topological polar surface area (TPSA) is 85.5 Å². The minimum absolute atomic E-state index is 0.650. The Morgan fingerprint density at radius 3 is 2.16 bits per heavy atom. The van der Waals surface area contributed by atoms with Crippen molar-refractivity contribution in [2.75, 3.05) is 25.1 Å². The number of hydrogen-bond donors (Lipinski definition) is 1. The first-order chi connectivity index (χ1) is 11.6. The standard InChI is InChI=1S/C14H16N2O.CH2F3NO2S/c1-16(14-9-5-6-10-15-14)11-12-17-13-7-3-2-4-8-13;2-1(3,4)8(5,6)7/h2-10H,11-12H2,1H3;(H2,5,6,7). The van der Waals surface area contributed by atoms with E-state index >= 15 is 0 Å². The second-order valence-electron chi connectivity index (χ2n) is 4.76. The summed E-state index contributed by atoms with van der Waals surface area (Å²) in [6, 6.07) is 15.7. The first-order valence-corrected chi connectivity index (χ1v) is 8.55. The average Bonchev–Trinajstić information content (AvgIpc) is 2.55. The maximum Gasteiger partial charge on any atom is 0.511 e. The number of alkyl halides is 3. The van der Waals surface area contributed by atoms with E-state index in [0.717, 1.165) is 18.1 Å². The normalized spacial score (nSPS) is 11.2. The maximum absolute atomic E-state index is 10.8. The molecular formula is C15H18F3N3O3S. The van der Waals surface area contributed by atoms with Crippen LogP contribution in [0.2, 0.25) is 0 Å². The van der Waals surface area contributed by atoms with Crippen molar-refractivity contribution in [2.24, 2.45) is 5.14 Å². The Hall–Kier alpha value is -2.33. The Morgan fingerprint density at radius 2 is 1.68 bits per heavy atom. The summed E-state index contributed by atoms with van der Waals surface area (Å²) in [5.41, 5.74) is -5.31. The first-order valence-electron chi connectivity index (χ1n) is 7.00. The van der Waals surface area contributed by atoms with Crippen LogP contribution in [0.3, 0.4) is 0 Å². The van der Waals surface area contributed by atoms with Crippen molar-refractivity contribution in [1.82, 2.24) is 4.98 Å². The summed E-state index contributed by atoms with van der Waals surface area (Å²) in [5.74, 6) is 1.87. The Bertz CT molecular complexity index is 726. The number of ether oxygens (including phenoxy) is 1. The van der Waals surface area contributed by atoms with Crippen molar-refractivity contribution in [2.45, 2.75) is 5.51 Å². The molecule has 25 heavy (non-hydrogen) atoms. The lowest BCUT2D eigenvalue weighted by Crippen LogP contribution is -2.30. The maximum atomic E-state index is 10.8. The molecule has 2 aromatic rings. The number of nitrogens with two attached hydrogens (primary N) is 1. The Kier molecular flexibility index (Phi) is 7.65. The fraction of sp³-hybridized carbons (Fsp3) is 0.267. The minimum atomic E-state index is -5.34. The fourth-order valence-electron chi connectivity index (χ4n) is 1.51. The summed E-state index contributed by atoms with van der Waals surface area (Å²) >= 11 is 0. The van der Waals surface area contributed by atoms with Crippen molar-refractivity contribution >= 4 is 15.8 Å². The van der Waals surface area contributed by atoms with Gasteiger partial charge in [-0.3, -0.25) is 0 Å². The highest BCUT2D eigenvalue weighted by Gasteiger charge is 2.42. The molecule has 0 amide bonds. The van der Waals surface area contributed by atoms with E-state index in [9.17, 15) is 21.6 Å². The van der Waals surface area contributed by atoms with Gasteiger partial charge in [0, 0.05) is 13.2 Å². The SMILES string of the molecule is CN(CCOc1ccccc1)c1ccccn1.NS(=O)(=O)C(F)(F)F. The summed E-state index contributed by atoms with van der Waals surface area (Å²) in [7, 11) is -3.33. The Labute approximate surface area is 144 Å². The van der Waals surface area contributed by atoms with Gasteiger partial charge in [-0.1, -0.05) is 24.3 Å². The molecule has 0 radical (unpaired) electrons. The van der Waals surface area contributed by atoms with Crippen molar-refractivity contribution in [3.63, 3.8) is 0 Å². The number of halogens is 3. The average molecular weight is 377 g/mol. The summed E-state index contributed by atoms with van der Waals surface area (Å²) in [6.45, 7) is 1.46. The highest BCUT2D eigenvalue weighted by Crippen LogP contribution is 2.18. The smallest absolute Gasteiger partial charge is 0.492 e. The number of aromatic nitrogens is 1. The Balaban J connectivity index is 0.000000333. The summed E-state index contributed by atoms with van der Waals surface area (Å²) < 4.78 is 56.8. The number of sulfonamides is 1. The van der Waals surface area contributed by atoms with Gasteiger partial charge in [0.25, 0.3) is 0 Å². The van der Waals surface area contributed by atoms with Gasteiger partial charge in [0.15, 0.2) is 0 Å². The molecule has 0 aliphatic heterocycles. The largest absolute Gasteiger partial charge is 0.511 e. The highest BCUT2D eigenvalue weighted by atomic mass is 32.2. The summed E-state index contributed by atoms with van der Waals surface area (Å²) in [6.07, 6.45) is 1.80. The molecule has 0 aliphatic carbocycles. The molecule has 0 bridgehead atoms. The predicted molar refractivity (Wildman–Crippen MR) is 88.6 cm³/mol. The van der Waals surface area contributed by atoms with Gasteiger partial charge in [0.05, 0.1) is 6.54 Å². The number of hydrogen-bond acceptors (Lipinski definition) is 5. The van der Waals surface area contributed by atoms with E-state index in [2.05, 4.69) is 15.0 Å². The van der Waals surface area contributed by atoms with Gasteiger partial charge in [-0.05, 0) is 24.3 Å². The lowest BCUT2D eigenvalue weighted by Gasteiger charge is -2.17. The van der Waals surface area contributed by atoms with Crippen LogP contribution in [0.25, 0.3) is 0 Å². The highest BCUT2D eigenvalue weighted by molar-refractivity contribution is 7.90. The van der Waals surface area contributed by atoms with E-state index in [1.165, 1.54) is 0 Å². The molecular weight excluding hydrogens is 359 g/mol. The van der Waals surface area contributed by atoms with Gasteiger partial charge >= 0.3 is 15.5 Å². The molecule has 10 heteroatoms. The third-order valence-corrected chi connectivity index (χ3v) is 3.45. The molecule has 0 saturated heterocycles. The zero-order chi connectivity index (χ0) is 18.9. The number of likely N-dealkylation sites (N-methyl/N-ethyl adjacent to an activating group) is 1. The lowest BCUT2D eigenvalue weighted by molar-refractivity contribution is -0.0436. The summed E-state index contributed by atoms with van der Waals surface area (Å²) in [4.78, 5) is 6.35. The van der Waals surface area contributed by atoms with Crippen molar-refractivity contribution < 1.29 is 26.3 Å². The van der Waals surface area contributed by atoms with E-state index in [1.54, 1.807) is 6.20 Å². The number of benzene rings is 1. The second kappa shape index (κ2) is 9.23. The molecule has 138 valence electrons. The van der Waals surface area contributed by atoms with E-state index in [4.69, 9.17) is 4.74 Å². The third kappa shape index (κ3) is 7.86. The number of primary sulfonamides is 1. The molecule has 2 rings (SSSR count). The van der Waals surface area contributed by atoms with Crippen molar-refractivity contribution in [3.8, 4) is 5.75 Å². The van der Waals surface area contributed by atoms with Crippen LogP contribution in [0.15, 0.2) is 54.7 Å². The predicted octanol–water partition coefficient (Wildman–Crippen LogP) is 2.39. The molecule has 0 aliphatic rings. The van der Waals surface area contributed by atoms with E-state index in [0.29, 0.717) is 6.61 Å². The fourth-order valence-corrected chi connectivity index (χ4v) is 1.51. The van der Waals surface area contributed by atoms with Crippen molar-refractivity contribution in [1.29, 1.82) is 0 Å². The molecule has 0 atom stereocenters. The number of rotatable bonds is 5. The molecule has 0 unspecified atom stereocenters. The molecule has 0 saturated carbocycles. The van der Waals surface area contributed by atoms with Crippen LogP contribution in [-0.4, -0.2) is 39.1 Å². The van der Waals surface area contributed by atoms with Crippen LogP contribution in [0.5, 0.6) is 5.75 Å². The van der Waals surface area contributed by atoms with Crippen LogP contribution >= 0.6 is 0 Å². The zero-order valence-corrected chi connectivity index (χ0v) is 14.2. The monoisotopic (exact) mass is 377 g/mol. The van der Waals surface area contributed by atoms with Gasteiger partial charge in [-0.2, -0.15) is 13.2 Å². The second-order valence-corrected chi connectivity index (χ2v) is 6.31. The summed E-state index contributed by atoms with van der Waals surface area (Å²) in [5, 5.41) is 3.66. The molecule has 0 fully saturated rings. The first kappa shape index (κ1) is 20.7. The third-order valence-electron chi connectivity index (χ3n) is 2.80. The molecule has 1 aromatic carbocycles. The number of nitrogens with zero attached hydrogens (tertiary/aromatic N) is 2. The zero-order valence-electron chi connectivity index (χ0n) is 13.3. The van der Waals surface area contributed by atoms with Gasteiger partial charge in [-0.25, -0.2) is 18.5 Å². The van der Waals surface area contributed by atoms with Gasteiger partial charge < -0.3 is 9.64 Å². The van der Waals surface area contributed by atoms with Crippen LogP contribution in [-0.2, 0) is 10.0 Å².